The van der Waals surface area contributed by atoms with Crippen molar-refractivity contribution >= 4 is 0 Å². The SMILES string of the molecule is CCC(N)C(c1ccncc1)n1cc(C(F)(F)F)cn1. The van der Waals surface area contributed by atoms with Gasteiger partial charge in [0.2, 0.25) is 0 Å². The Balaban J connectivity index is 2.40. The third-order valence-corrected chi connectivity index (χ3v) is 3.14. The van der Waals surface area contributed by atoms with Gasteiger partial charge in [-0.05, 0) is 24.1 Å². The van der Waals surface area contributed by atoms with E-state index in [4.69, 9.17) is 5.73 Å². The predicted molar refractivity (Wildman–Crippen MR) is 67.9 cm³/mol. The Morgan fingerprint density at radius 1 is 1.30 bits per heavy atom. The second-order valence-electron chi connectivity index (χ2n) is 4.50. The molecule has 2 aromatic heterocycles. The standard InChI is InChI=1S/C13H15F3N4/c1-2-11(17)12(9-3-5-18-6-4-9)20-8-10(7-19-20)13(14,15)16/h3-8,11-12H,2,17H2,1H3. The summed E-state index contributed by atoms with van der Waals surface area (Å²) in [6.07, 6.45) is 1.18. The van der Waals surface area contributed by atoms with Crippen LogP contribution >= 0.6 is 0 Å². The van der Waals surface area contributed by atoms with E-state index in [1.807, 2.05) is 6.92 Å². The molecule has 0 radical (unpaired) electrons. The van der Waals surface area contributed by atoms with Gasteiger partial charge in [0, 0.05) is 24.6 Å². The van der Waals surface area contributed by atoms with Crippen LogP contribution in [0, 0.1) is 0 Å². The summed E-state index contributed by atoms with van der Waals surface area (Å²) in [7, 11) is 0. The van der Waals surface area contributed by atoms with E-state index in [9.17, 15) is 13.2 Å². The summed E-state index contributed by atoms with van der Waals surface area (Å²) >= 11 is 0. The number of halogens is 3. The monoisotopic (exact) mass is 284 g/mol. The molecule has 2 heterocycles. The summed E-state index contributed by atoms with van der Waals surface area (Å²) in [5, 5.41) is 3.82. The van der Waals surface area contributed by atoms with E-state index in [1.165, 1.54) is 4.68 Å². The van der Waals surface area contributed by atoms with Gasteiger partial charge in [-0.3, -0.25) is 9.67 Å². The lowest BCUT2D eigenvalue weighted by molar-refractivity contribution is -0.137. The second kappa shape index (κ2) is 5.62. The predicted octanol–water partition coefficient (Wildman–Crippen LogP) is 2.62. The Morgan fingerprint density at radius 3 is 2.45 bits per heavy atom. The molecular formula is C13H15F3N4. The van der Waals surface area contributed by atoms with Crippen molar-refractivity contribution in [1.29, 1.82) is 0 Å². The summed E-state index contributed by atoms with van der Waals surface area (Å²) in [6.45, 7) is 1.88. The maximum atomic E-state index is 12.7. The lowest BCUT2D eigenvalue weighted by Gasteiger charge is -2.23. The van der Waals surface area contributed by atoms with Crippen LogP contribution in [0.25, 0.3) is 0 Å². The number of aromatic nitrogens is 3. The number of nitrogens with two attached hydrogens (primary N) is 1. The zero-order valence-corrected chi connectivity index (χ0v) is 10.9. The van der Waals surface area contributed by atoms with Gasteiger partial charge in [-0.25, -0.2) is 0 Å². The molecule has 0 spiro atoms. The zero-order chi connectivity index (χ0) is 14.8. The summed E-state index contributed by atoms with van der Waals surface area (Å²) in [4.78, 5) is 3.90. The Bertz CT molecular complexity index is 550. The van der Waals surface area contributed by atoms with Gasteiger partial charge < -0.3 is 5.73 Å². The van der Waals surface area contributed by atoms with Crippen molar-refractivity contribution in [3.63, 3.8) is 0 Å². The van der Waals surface area contributed by atoms with Crippen LogP contribution in [0.2, 0.25) is 0 Å². The number of hydrogen-bond acceptors (Lipinski definition) is 3. The molecular weight excluding hydrogens is 269 g/mol. The zero-order valence-electron chi connectivity index (χ0n) is 10.9. The van der Waals surface area contributed by atoms with E-state index in [0.29, 0.717) is 6.42 Å². The van der Waals surface area contributed by atoms with Crippen LogP contribution < -0.4 is 5.73 Å². The minimum Gasteiger partial charge on any atom is -0.326 e. The van der Waals surface area contributed by atoms with E-state index in [1.54, 1.807) is 24.5 Å². The molecule has 7 heteroatoms. The van der Waals surface area contributed by atoms with Crippen LogP contribution in [0.1, 0.15) is 30.5 Å². The molecule has 0 saturated carbocycles. The lowest BCUT2D eigenvalue weighted by atomic mass is 9.99. The van der Waals surface area contributed by atoms with Crippen LogP contribution in [0.4, 0.5) is 13.2 Å². The highest BCUT2D eigenvalue weighted by molar-refractivity contribution is 5.20. The van der Waals surface area contributed by atoms with Crippen molar-refractivity contribution in [3.05, 3.63) is 48.0 Å². The van der Waals surface area contributed by atoms with Crippen LogP contribution in [0.15, 0.2) is 36.9 Å². The molecule has 0 aromatic carbocycles. The molecule has 0 aliphatic heterocycles. The number of pyridine rings is 1. The molecule has 4 nitrogen and oxygen atoms in total. The second-order valence-corrected chi connectivity index (χ2v) is 4.50. The van der Waals surface area contributed by atoms with E-state index in [0.717, 1.165) is 18.0 Å². The summed E-state index contributed by atoms with van der Waals surface area (Å²) in [6, 6.07) is 2.68. The van der Waals surface area contributed by atoms with Crippen LogP contribution in [0.5, 0.6) is 0 Å². The fourth-order valence-corrected chi connectivity index (χ4v) is 2.02. The fraction of sp³-hybridized carbons (Fsp3) is 0.385. The van der Waals surface area contributed by atoms with Gasteiger partial charge in [0.15, 0.2) is 0 Å². The molecule has 2 aromatic rings. The molecule has 0 saturated heterocycles. The van der Waals surface area contributed by atoms with E-state index in [2.05, 4.69) is 10.1 Å². The fourth-order valence-electron chi connectivity index (χ4n) is 2.02. The number of alkyl halides is 3. The normalized spacial score (nSPS) is 15.1. The van der Waals surface area contributed by atoms with Gasteiger partial charge in [-0.15, -0.1) is 0 Å². The lowest BCUT2D eigenvalue weighted by Crippen LogP contribution is -2.32. The highest BCUT2D eigenvalue weighted by Gasteiger charge is 2.33. The smallest absolute Gasteiger partial charge is 0.326 e. The van der Waals surface area contributed by atoms with Gasteiger partial charge in [0.1, 0.15) is 0 Å². The molecule has 0 bridgehead atoms. The Morgan fingerprint density at radius 2 is 1.95 bits per heavy atom. The minimum absolute atomic E-state index is 0.335. The topological polar surface area (TPSA) is 56.7 Å². The van der Waals surface area contributed by atoms with Crippen LogP contribution in [0.3, 0.4) is 0 Å². The molecule has 0 fully saturated rings. The first kappa shape index (κ1) is 14.5. The highest BCUT2D eigenvalue weighted by atomic mass is 19.4. The average Bonchev–Trinajstić information content (AvgIpc) is 2.89. The van der Waals surface area contributed by atoms with Crippen molar-refractivity contribution in [3.8, 4) is 0 Å². The molecule has 0 aliphatic rings. The first-order valence-corrected chi connectivity index (χ1v) is 6.20. The number of hydrogen-bond donors (Lipinski definition) is 1. The maximum absolute atomic E-state index is 12.7. The van der Waals surface area contributed by atoms with Crippen molar-refractivity contribution < 1.29 is 13.2 Å². The molecule has 2 N–H and O–H groups in total. The maximum Gasteiger partial charge on any atom is 0.419 e. The van der Waals surface area contributed by atoms with Crippen molar-refractivity contribution in [1.82, 2.24) is 14.8 Å². The molecule has 0 amide bonds. The third kappa shape index (κ3) is 2.98. The Labute approximate surface area is 114 Å². The molecule has 2 atom stereocenters. The average molecular weight is 284 g/mol. The first-order chi connectivity index (χ1) is 9.43. The first-order valence-electron chi connectivity index (χ1n) is 6.20. The molecule has 0 aliphatic carbocycles. The largest absolute Gasteiger partial charge is 0.419 e. The van der Waals surface area contributed by atoms with Gasteiger partial charge >= 0.3 is 6.18 Å². The van der Waals surface area contributed by atoms with Gasteiger partial charge in [-0.2, -0.15) is 18.3 Å². The quantitative estimate of drug-likeness (QED) is 0.939. The van der Waals surface area contributed by atoms with Crippen molar-refractivity contribution in [2.45, 2.75) is 31.6 Å². The third-order valence-electron chi connectivity index (χ3n) is 3.14. The molecule has 2 rings (SSSR count). The molecule has 108 valence electrons. The van der Waals surface area contributed by atoms with Gasteiger partial charge in [-0.1, -0.05) is 6.92 Å². The number of nitrogens with zero attached hydrogens (tertiary/aromatic N) is 3. The van der Waals surface area contributed by atoms with Crippen molar-refractivity contribution in [2.24, 2.45) is 5.73 Å². The van der Waals surface area contributed by atoms with E-state index >= 15 is 0 Å². The summed E-state index contributed by atoms with van der Waals surface area (Å²) in [5.74, 6) is 0. The minimum atomic E-state index is -4.41. The summed E-state index contributed by atoms with van der Waals surface area (Å²) < 4.78 is 39.2. The van der Waals surface area contributed by atoms with Gasteiger partial charge in [0.25, 0.3) is 0 Å². The number of rotatable bonds is 4. The van der Waals surface area contributed by atoms with E-state index in [-0.39, 0.29) is 6.04 Å². The van der Waals surface area contributed by atoms with Crippen LogP contribution in [-0.2, 0) is 6.18 Å². The highest BCUT2D eigenvalue weighted by Crippen LogP contribution is 2.30. The van der Waals surface area contributed by atoms with E-state index < -0.39 is 17.8 Å². The molecule has 20 heavy (non-hydrogen) atoms. The van der Waals surface area contributed by atoms with Crippen molar-refractivity contribution in [2.75, 3.05) is 0 Å². The Kier molecular flexibility index (Phi) is 4.08. The Hall–Kier alpha value is -1.89. The van der Waals surface area contributed by atoms with Gasteiger partial charge in [0.05, 0.1) is 17.8 Å². The van der Waals surface area contributed by atoms with Crippen LogP contribution in [-0.4, -0.2) is 20.8 Å². The molecule has 2 unspecified atom stereocenters. The summed E-state index contributed by atoms with van der Waals surface area (Å²) in [5.41, 5.74) is 6.04.